The van der Waals surface area contributed by atoms with E-state index in [1.807, 2.05) is 24.3 Å². The summed E-state index contributed by atoms with van der Waals surface area (Å²) in [4.78, 5) is 5.36. The highest BCUT2D eigenvalue weighted by Gasteiger charge is 2.26. The maximum Gasteiger partial charge on any atom is 0.336 e. The van der Waals surface area contributed by atoms with E-state index in [0.29, 0.717) is 0 Å². The Balaban J connectivity index is 1.37. The minimum Gasteiger partial charge on any atom is -0.456 e. The minimum absolute atomic E-state index is 0.829. The maximum absolute atomic E-state index is 6.63. The monoisotopic (exact) mass is 588 g/mol. The Labute approximate surface area is 264 Å². The maximum atomic E-state index is 6.63. The summed E-state index contributed by atoms with van der Waals surface area (Å²) in [6.07, 6.45) is 2.19. The van der Waals surface area contributed by atoms with E-state index in [1.54, 1.807) is 0 Å². The number of hydrogen-bond acceptors (Lipinski definition) is 2. The second-order valence-corrected chi connectivity index (χ2v) is 11.9. The van der Waals surface area contributed by atoms with Crippen LogP contribution in [0.1, 0.15) is 0 Å². The molecular formula is C42H26N3O+. The van der Waals surface area contributed by atoms with Gasteiger partial charge in [-0.2, -0.15) is 4.57 Å². The van der Waals surface area contributed by atoms with Crippen LogP contribution in [0.25, 0.3) is 88.2 Å². The lowest BCUT2D eigenvalue weighted by atomic mass is 10.0. The number of para-hydroxylation sites is 4. The van der Waals surface area contributed by atoms with Crippen molar-refractivity contribution in [3.05, 3.63) is 158 Å². The lowest BCUT2D eigenvalue weighted by molar-refractivity contribution is -0.585. The van der Waals surface area contributed by atoms with Gasteiger partial charge < -0.3 is 8.98 Å². The third kappa shape index (κ3) is 3.67. The highest BCUT2D eigenvalue weighted by atomic mass is 16.3. The third-order valence-corrected chi connectivity index (χ3v) is 9.20. The molecule has 0 atom stereocenters. The van der Waals surface area contributed by atoms with Crippen molar-refractivity contribution < 1.29 is 8.98 Å². The van der Waals surface area contributed by atoms with Crippen LogP contribution >= 0.6 is 0 Å². The zero-order valence-electron chi connectivity index (χ0n) is 24.8. The van der Waals surface area contributed by atoms with E-state index in [1.165, 1.54) is 21.5 Å². The highest BCUT2D eigenvalue weighted by molar-refractivity contribution is 6.15. The largest absolute Gasteiger partial charge is 0.456 e. The number of nitrogens with zero attached hydrogens (tertiary/aromatic N) is 3. The molecule has 0 spiro atoms. The Morgan fingerprint density at radius 3 is 2.09 bits per heavy atom. The van der Waals surface area contributed by atoms with Gasteiger partial charge in [-0.25, -0.2) is 0 Å². The Morgan fingerprint density at radius 2 is 1.22 bits per heavy atom. The smallest absolute Gasteiger partial charge is 0.336 e. The van der Waals surface area contributed by atoms with Crippen LogP contribution < -0.4 is 4.57 Å². The molecule has 0 unspecified atom stereocenters. The van der Waals surface area contributed by atoms with Crippen molar-refractivity contribution in [3.63, 3.8) is 0 Å². The van der Waals surface area contributed by atoms with Crippen LogP contribution in [0.2, 0.25) is 0 Å². The van der Waals surface area contributed by atoms with E-state index in [9.17, 15) is 0 Å². The number of aromatic nitrogens is 3. The normalized spacial score (nSPS) is 11.9. The molecule has 10 aromatic rings. The molecule has 4 heteroatoms. The molecule has 46 heavy (non-hydrogen) atoms. The zero-order valence-corrected chi connectivity index (χ0v) is 24.8. The van der Waals surface area contributed by atoms with Gasteiger partial charge in [-0.3, -0.25) is 0 Å². The van der Waals surface area contributed by atoms with Crippen LogP contribution in [0.5, 0.6) is 0 Å². The fourth-order valence-electron chi connectivity index (χ4n) is 7.12. The molecule has 0 aliphatic heterocycles. The molecule has 0 fully saturated rings. The molecule has 4 nitrogen and oxygen atoms in total. The van der Waals surface area contributed by atoms with Gasteiger partial charge in [-0.1, -0.05) is 91.0 Å². The third-order valence-electron chi connectivity index (χ3n) is 9.20. The van der Waals surface area contributed by atoms with Gasteiger partial charge in [0.25, 0.3) is 0 Å². The number of furan rings is 1. The van der Waals surface area contributed by atoms with E-state index in [2.05, 4.69) is 143 Å². The first-order chi connectivity index (χ1) is 22.8. The molecule has 0 N–H and O–H groups in total. The molecule has 3 aromatic heterocycles. The van der Waals surface area contributed by atoms with Gasteiger partial charge in [-0.05, 0) is 70.4 Å². The summed E-state index contributed by atoms with van der Waals surface area (Å²) < 4.78 is 11.2. The van der Waals surface area contributed by atoms with Crippen LogP contribution in [0.3, 0.4) is 0 Å². The van der Waals surface area contributed by atoms with Crippen LogP contribution in [0.15, 0.2) is 162 Å². The van der Waals surface area contributed by atoms with E-state index in [4.69, 9.17) is 9.40 Å². The van der Waals surface area contributed by atoms with Crippen molar-refractivity contribution in [2.75, 3.05) is 0 Å². The SMILES string of the molecule is c1ccc(-[n+]2cc3ccccc3nc2-c2cc(-n3c4ccccc4c4cc5ccccc5cc43)cc3oc4ccccc4c23)cc1. The zero-order chi connectivity index (χ0) is 30.2. The van der Waals surface area contributed by atoms with Crippen molar-refractivity contribution in [2.24, 2.45) is 0 Å². The summed E-state index contributed by atoms with van der Waals surface area (Å²) in [6.45, 7) is 0. The van der Waals surface area contributed by atoms with E-state index < -0.39 is 0 Å². The lowest BCUT2D eigenvalue weighted by Gasteiger charge is -2.12. The molecule has 0 amide bonds. The molecule has 0 aliphatic carbocycles. The fourth-order valence-corrected chi connectivity index (χ4v) is 7.12. The van der Waals surface area contributed by atoms with Crippen molar-refractivity contribution in [1.82, 2.24) is 9.55 Å². The summed E-state index contributed by atoms with van der Waals surface area (Å²) in [7, 11) is 0. The minimum atomic E-state index is 0.829. The summed E-state index contributed by atoms with van der Waals surface area (Å²) in [5.41, 5.74) is 8.02. The van der Waals surface area contributed by atoms with Crippen LogP contribution in [-0.4, -0.2) is 9.55 Å². The summed E-state index contributed by atoms with van der Waals surface area (Å²) >= 11 is 0. The molecule has 10 rings (SSSR count). The second kappa shape index (κ2) is 9.62. The van der Waals surface area contributed by atoms with Gasteiger partial charge in [0.1, 0.15) is 23.1 Å². The van der Waals surface area contributed by atoms with Gasteiger partial charge in [0.05, 0.1) is 27.7 Å². The Kier molecular flexibility index (Phi) is 5.25. The van der Waals surface area contributed by atoms with Crippen LogP contribution in [0, 0.1) is 0 Å². The summed E-state index contributed by atoms with van der Waals surface area (Å²) in [5.74, 6) is 0.856. The predicted molar refractivity (Wildman–Crippen MR) is 188 cm³/mol. The molecule has 7 aromatic carbocycles. The Bertz CT molecular complexity index is 2810. The fraction of sp³-hybridized carbons (Fsp3) is 0. The van der Waals surface area contributed by atoms with Crippen molar-refractivity contribution in [3.8, 4) is 22.8 Å². The van der Waals surface area contributed by atoms with Gasteiger partial charge in [0.15, 0.2) is 5.52 Å². The molecule has 3 heterocycles. The van der Waals surface area contributed by atoms with Gasteiger partial charge >= 0.3 is 5.82 Å². The quantitative estimate of drug-likeness (QED) is 0.193. The van der Waals surface area contributed by atoms with E-state index in [0.717, 1.165) is 66.6 Å². The molecule has 214 valence electrons. The van der Waals surface area contributed by atoms with E-state index >= 15 is 0 Å². The summed E-state index contributed by atoms with van der Waals surface area (Å²) in [6, 6.07) is 53.4. The number of fused-ring (bicyclic) bond motifs is 8. The van der Waals surface area contributed by atoms with Crippen molar-refractivity contribution in [2.45, 2.75) is 0 Å². The average molecular weight is 589 g/mol. The van der Waals surface area contributed by atoms with Crippen LogP contribution in [0.4, 0.5) is 0 Å². The first kappa shape index (κ1) is 25.1. The van der Waals surface area contributed by atoms with E-state index in [-0.39, 0.29) is 0 Å². The molecule has 0 radical (unpaired) electrons. The number of benzene rings is 7. The first-order valence-corrected chi connectivity index (χ1v) is 15.5. The standard InChI is InChI=1S/C42H26N3O/c1-2-15-30(16-3-1)44-26-29-14-6-9-19-36(29)43-42(44)35-24-31(25-40-41(35)33-18-8-11-21-39(33)46-40)45-37-20-10-7-17-32(37)34-22-27-12-4-5-13-28(27)23-38(34)45/h1-26H/q+1. The average Bonchev–Trinajstić information content (AvgIpc) is 3.65. The highest BCUT2D eigenvalue weighted by Crippen LogP contribution is 2.41. The number of hydrogen-bond donors (Lipinski definition) is 0. The number of rotatable bonds is 3. The van der Waals surface area contributed by atoms with Crippen molar-refractivity contribution >= 4 is 65.4 Å². The first-order valence-electron chi connectivity index (χ1n) is 15.5. The van der Waals surface area contributed by atoms with Gasteiger partial charge in [0.2, 0.25) is 0 Å². The van der Waals surface area contributed by atoms with Crippen LogP contribution in [-0.2, 0) is 0 Å². The lowest BCUT2D eigenvalue weighted by Crippen LogP contribution is -2.34. The van der Waals surface area contributed by atoms with Crippen molar-refractivity contribution in [1.29, 1.82) is 0 Å². The summed E-state index contributed by atoms with van der Waals surface area (Å²) in [5, 5.41) is 8.09. The topological polar surface area (TPSA) is 34.8 Å². The Hall–Kier alpha value is -6.26. The van der Waals surface area contributed by atoms with Gasteiger partial charge in [-0.15, -0.1) is 0 Å². The predicted octanol–water partition coefficient (Wildman–Crippen LogP) is 10.3. The molecule has 0 aliphatic rings. The second-order valence-electron chi connectivity index (χ2n) is 11.9. The molecular weight excluding hydrogens is 562 g/mol. The van der Waals surface area contributed by atoms with Gasteiger partial charge in [0, 0.05) is 27.6 Å². The molecule has 0 saturated carbocycles. The Morgan fingerprint density at radius 1 is 0.522 bits per heavy atom. The molecule has 0 saturated heterocycles. The molecule has 0 bridgehead atoms.